The van der Waals surface area contributed by atoms with Crippen molar-refractivity contribution in [2.75, 3.05) is 31.9 Å². The number of hydrogen-bond donors (Lipinski definition) is 0. The lowest BCUT2D eigenvalue weighted by Gasteiger charge is -2.41. The van der Waals surface area contributed by atoms with Crippen LogP contribution in [0.15, 0.2) is 47.4 Å². The number of carbonyl (C=O) groups is 1. The van der Waals surface area contributed by atoms with Gasteiger partial charge in [-0.05, 0) is 56.9 Å². The maximum atomic E-state index is 12.7. The molecule has 4 rings (SSSR count). The Labute approximate surface area is 211 Å². The molecule has 0 N–H and O–H groups in total. The molecule has 2 aliphatic rings. The van der Waals surface area contributed by atoms with E-state index >= 15 is 0 Å². The summed E-state index contributed by atoms with van der Waals surface area (Å²) >= 11 is 12.1. The summed E-state index contributed by atoms with van der Waals surface area (Å²) in [4.78, 5) is 17.1. The largest absolute Gasteiger partial charge is 0.490 e. The summed E-state index contributed by atoms with van der Waals surface area (Å²) in [5, 5.41) is 1.01. The Morgan fingerprint density at radius 3 is 2.21 bits per heavy atom. The van der Waals surface area contributed by atoms with Gasteiger partial charge >= 0.3 is 0 Å². The molecule has 184 valence electrons. The first-order valence-electron chi connectivity index (χ1n) is 11.6. The Kier molecular flexibility index (Phi) is 8.08. The molecule has 2 aromatic carbocycles. The van der Waals surface area contributed by atoms with Gasteiger partial charge in [-0.25, -0.2) is 8.42 Å². The molecule has 2 aliphatic heterocycles. The third kappa shape index (κ3) is 6.25. The molecule has 0 radical (unpaired) electrons. The first kappa shape index (κ1) is 25.3. The van der Waals surface area contributed by atoms with Gasteiger partial charge in [0.2, 0.25) is 5.91 Å². The van der Waals surface area contributed by atoms with Gasteiger partial charge in [0.15, 0.2) is 9.84 Å². The smallest absolute Gasteiger partial charge is 0.238 e. The molecule has 0 atom stereocenters. The van der Waals surface area contributed by atoms with E-state index in [4.69, 9.17) is 27.9 Å². The van der Waals surface area contributed by atoms with E-state index < -0.39 is 15.6 Å². The SMILES string of the molecule is Cc1ccc(S(=O)(=O)CC(=O)N2CCC(N3CCC(Oc4ccc(Cl)c(Cl)c4)CC3)CC2)cc1. The molecule has 0 saturated carbocycles. The minimum absolute atomic E-state index is 0.141. The quantitative estimate of drug-likeness (QED) is 0.551. The molecule has 0 unspecified atom stereocenters. The van der Waals surface area contributed by atoms with E-state index in [2.05, 4.69) is 4.90 Å². The molecule has 1 amide bonds. The number of carbonyl (C=O) groups excluding carboxylic acids is 1. The Bertz CT molecular complexity index is 1110. The highest BCUT2D eigenvalue weighted by Crippen LogP contribution is 2.29. The number of nitrogens with zero attached hydrogens (tertiary/aromatic N) is 2. The molecule has 0 spiro atoms. The van der Waals surface area contributed by atoms with Crippen LogP contribution >= 0.6 is 23.2 Å². The summed E-state index contributed by atoms with van der Waals surface area (Å²) in [5.74, 6) is -0.0499. The number of piperidine rings is 2. The number of benzene rings is 2. The molecule has 2 saturated heterocycles. The molecule has 9 heteroatoms. The van der Waals surface area contributed by atoms with E-state index in [-0.39, 0.29) is 16.9 Å². The van der Waals surface area contributed by atoms with Crippen molar-refractivity contribution < 1.29 is 17.9 Å². The fourth-order valence-electron chi connectivity index (χ4n) is 4.66. The number of sulfone groups is 1. The number of halogens is 2. The number of amides is 1. The number of ether oxygens (including phenoxy) is 1. The van der Waals surface area contributed by atoms with E-state index in [9.17, 15) is 13.2 Å². The Hall–Kier alpha value is -1.80. The van der Waals surface area contributed by atoms with Gasteiger partial charge in [0.05, 0.1) is 14.9 Å². The highest BCUT2D eigenvalue weighted by atomic mass is 35.5. The second kappa shape index (κ2) is 10.9. The van der Waals surface area contributed by atoms with Crippen molar-refractivity contribution in [3.05, 3.63) is 58.1 Å². The third-order valence-electron chi connectivity index (χ3n) is 6.70. The maximum absolute atomic E-state index is 12.7. The van der Waals surface area contributed by atoms with Crippen molar-refractivity contribution >= 4 is 38.9 Å². The minimum Gasteiger partial charge on any atom is -0.490 e. The predicted octanol–water partition coefficient (Wildman–Crippen LogP) is 4.61. The van der Waals surface area contributed by atoms with Gasteiger partial charge in [-0.1, -0.05) is 40.9 Å². The highest BCUT2D eigenvalue weighted by Gasteiger charge is 2.31. The van der Waals surface area contributed by atoms with Crippen molar-refractivity contribution in [2.45, 2.75) is 49.6 Å². The average Bonchev–Trinajstić information content (AvgIpc) is 2.82. The van der Waals surface area contributed by atoms with Gasteiger partial charge < -0.3 is 9.64 Å². The highest BCUT2D eigenvalue weighted by molar-refractivity contribution is 7.92. The standard InChI is InChI=1S/C25H30Cl2N2O4S/c1-18-2-5-22(6-3-18)34(31,32)17-25(30)29-12-8-19(9-13-29)28-14-10-20(11-15-28)33-21-4-7-23(26)24(27)16-21/h2-7,16,19-20H,8-15,17H2,1H3. The number of likely N-dealkylation sites (tertiary alicyclic amines) is 2. The second-order valence-electron chi connectivity index (χ2n) is 9.11. The summed E-state index contributed by atoms with van der Waals surface area (Å²) in [7, 11) is -3.63. The van der Waals surface area contributed by atoms with Gasteiger partial charge in [0.25, 0.3) is 0 Å². The molecule has 2 heterocycles. The third-order valence-corrected chi connectivity index (χ3v) is 9.05. The van der Waals surface area contributed by atoms with Crippen molar-refractivity contribution in [2.24, 2.45) is 0 Å². The van der Waals surface area contributed by atoms with E-state index in [1.807, 2.05) is 13.0 Å². The number of hydrogen-bond acceptors (Lipinski definition) is 5. The van der Waals surface area contributed by atoms with Crippen LogP contribution in [-0.2, 0) is 14.6 Å². The fraction of sp³-hybridized carbons (Fsp3) is 0.480. The van der Waals surface area contributed by atoms with Crippen LogP contribution in [0.5, 0.6) is 5.75 Å². The minimum atomic E-state index is -3.63. The summed E-state index contributed by atoms with van der Waals surface area (Å²) in [5.41, 5.74) is 0.984. The van der Waals surface area contributed by atoms with E-state index in [1.165, 1.54) is 0 Å². The monoisotopic (exact) mass is 524 g/mol. The summed E-state index contributed by atoms with van der Waals surface area (Å²) in [6, 6.07) is 12.4. The molecule has 2 fully saturated rings. The Balaban J connectivity index is 1.23. The molecular formula is C25H30Cl2N2O4S. The molecule has 34 heavy (non-hydrogen) atoms. The summed E-state index contributed by atoms with van der Waals surface area (Å²) in [6.07, 6.45) is 3.70. The van der Waals surface area contributed by atoms with Crippen LogP contribution in [0.25, 0.3) is 0 Å². The molecule has 2 aromatic rings. The molecule has 0 aliphatic carbocycles. The molecule has 0 bridgehead atoms. The van der Waals surface area contributed by atoms with E-state index in [0.29, 0.717) is 29.2 Å². The van der Waals surface area contributed by atoms with Crippen molar-refractivity contribution in [1.29, 1.82) is 0 Å². The fourth-order valence-corrected chi connectivity index (χ4v) is 6.18. The zero-order valence-corrected chi connectivity index (χ0v) is 21.6. The first-order chi connectivity index (χ1) is 16.2. The lowest BCUT2D eigenvalue weighted by molar-refractivity contribution is -0.130. The van der Waals surface area contributed by atoms with Gasteiger partial charge in [-0.15, -0.1) is 0 Å². The topological polar surface area (TPSA) is 66.9 Å². The van der Waals surface area contributed by atoms with Crippen molar-refractivity contribution in [3.8, 4) is 5.75 Å². The normalized spacial score (nSPS) is 18.7. The average molecular weight is 525 g/mol. The van der Waals surface area contributed by atoms with Gasteiger partial charge in [-0.3, -0.25) is 9.69 Å². The lowest BCUT2D eigenvalue weighted by atomic mass is 9.99. The lowest BCUT2D eigenvalue weighted by Crippen LogP contribution is -2.50. The Morgan fingerprint density at radius 2 is 1.59 bits per heavy atom. The van der Waals surface area contributed by atoms with Crippen molar-refractivity contribution in [1.82, 2.24) is 9.80 Å². The van der Waals surface area contributed by atoms with Gasteiger partial charge in [0, 0.05) is 38.3 Å². The van der Waals surface area contributed by atoms with E-state index in [0.717, 1.165) is 50.1 Å². The molecular weight excluding hydrogens is 495 g/mol. The zero-order valence-electron chi connectivity index (χ0n) is 19.3. The van der Waals surface area contributed by atoms with Gasteiger partial charge in [-0.2, -0.15) is 0 Å². The Morgan fingerprint density at radius 1 is 0.941 bits per heavy atom. The van der Waals surface area contributed by atoms with Crippen LogP contribution in [0, 0.1) is 6.92 Å². The van der Waals surface area contributed by atoms with Crippen molar-refractivity contribution in [3.63, 3.8) is 0 Å². The zero-order chi connectivity index (χ0) is 24.3. The van der Waals surface area contributed by atoms with Crippen LogP contribution in [0.3, 0.4) is 0 Å². The second-order valence-corrected chi connectivity index (χ2v) is 11.9. The van der Waals surface area contributed by atoms with Crippen LogP contribution in [-0.4, -0.2) is 68.2 Å². The van der Waals surface area contributed by atoms with Crippen LogP contribution in [0.2, 0.25) is 10.0 Å². The predicted molar refractivity (Wildman–Crippen MR) is 135 cm³/mol. The first-order valence-corrected chi connectivity index (χ1v) is 14.0. The number of aryl methyl sites for hydroxylation is 1. The van der Waals surface area contributed by atoms with Crippen LogP contribution in [0.1, 0.15) is 31.2 Å². The summed E-state index contributed by atoms with van der Waals surface area (Å²) in [6.45, 7) is 4.95. The van der Waals surface area contributed by atoms with Gasteiger partial charge in [0.1, 0.15) is 17.6 Å². The molecule has 6 nitrogen and oxygen atoms in total. The molecule has 0 aromatic heterocycles. The maximum Gasteiger partial charge on any atom is 0.238 e. The summed E-state index contributed by atoms with van der Waals surface area (Å²) < 4.78 is 31.3. The van der Waals surface area contributed by atoms with Crippen LogP contribution < -0.4 is 4.74 Å². The van der Waals surface area contributed by atoms with E-state index in [1.54, 1.807) is 41.3 Å². The number of rotatable bonds is 6. The van der Waals surface area contributed by atoms with Crippen LogP contribution in [0.4, 0.5) is 0 Å².